The molecule has 1 heterocycles. The van der Waals surface area contributed by atoms with Gasteiger partial charge in [0.05, 0.1) is 6.42 Å². The minimum Gasteiger partial charge on any atom is -0.300 e. The van der Waals surface area contributed by atoms with Crippen LogP contribution in [0.4, 0.5) is 5.13 Å². The topological polar surface area (TPSA) is 54.9 Å². The largest absolute Gasteiger partial charge is 0.300 e. The van der Waals surface area contributed by atoms with Gasteiger partial charge in [-0.3, -0.25) is 4.79 Å². The fraction of sp³-hybridized carbons (Fsp3) is 0.400. The number of carbonyl (C=O) groups is 1. The van der Waals surface area contributed by atoms with E-state index in [0.29, 0.717) is 16.8 Å². The third-order valence-corrected chi connectivity index (χ3v) is 4.77. The lowest BCUT2D eigenvalue weighted by Crippen LogP contribution is -2.15. The summed E-state index contributed by atoms with van der Waals surface area (Å²) in [5.74, 6) is -0.0547. The number of anilines is 1. The molecule has 4 nitrogen and oxygen atoms in total. The average molecular weight is 321 g/mol. The first-order valence-corrected chi connectivity index (χ1v) is 8.50. The molecule has 6 heteroatoms. The highest BCUT2D eigenvalue weighted by atomic mass is 32.2. The van der Waals surface area contributed by atoms with Crippen LogP contribution in [0, 0.1) is 13.8 Å². The Labute approximate surface area is 133 Å². The molecule has 0 atom stereocenters. The second-order valence-corrected chi connectivity index (χ2v) is 8.00. The van der Waals surface area contributed by atoms with Crippen molar-refractivity contribution in [3.05, 3.63) is 34.9 Å². The van der Waals surface area contributed by atoms with Crippen molar-refractivity contribution in [2.24, 2.45) is 0 Å². The van der Waals surface area contributed by atoms with Crippen LogP contribution in [0.5, 0.6) is 0 Å². The van der Waals surface area contributed by atoms with Crippen LogP contribution >= 0.6 is 23.1 Å². The summed E-state index contributed by atoms with van der Waals surface area (Å²) in [5, 5.41) is 11.9. The Morgan fingerprint density at radius 1 is 1.33 bits per heavy atom. The van der Waals surface area contributed by atoms with E-state index in [-0.39, 0.29) is 5.91 Å². The predicted octanol–water partition coefficient (Wildman–Crippen LogP) is 3.84. The highest BCUT2D eigenvalue weighted by Crippen LogP contribution is 2.28. The van der Waals surface area contributed by atoms with Crippen molar-refractivity contribution in [3.8, 4) is 0 Å². The molecule has 1 aromatic heterocycles. The number of hydrogen-bond donors (Lipinski definition) is 1. The van der Waals surface area contributed by atoms with E-state index in [1.807, 2.05) is 19.9 Å². The van der Waals surface area contributed by atoms with Gasteiger partial charge in [0.2, 0.25) is 11.0 Å². The third kappa shape index (κ3) is 4.82. The van der Waals surface area contributed by atoms with Crippen LogP contribution in [0.25, 0.3) is 0 Å². The lowest BCUT2D eigenvalue weighted by atomic mass is 10.0. The molecule has 1 N–H and O–H groups in total. The monoisotopic (exact) mass is 321 g/mol. The number of nitrogens with one attached hydrogen (secondary N) is 1. The quantitative estimate of drug-likeness (QED) is 0.671. The first-order chi connectivity index (χ1) is 9.94. The van der Waals surface area contributed by atoms with Crippen LogP contribution in [0.3, 0.4) is 0 Å². The van der Waals surface area contributed by atoms with Gasteiger partial charge < -0.3 is 5.32 Å². The van der Waals surface area contributed by atoms with E-state index in [4.69, 9.17) is 0 Å². The molecule has 2 rings (SSSR count). The maximum Gasteiger partial charge on any atom is 0.230 e. The van der Waals surface area contributed by atoms with Crippen LogP contribution in [0.15, 0.2) is 22.5 Å². The summed E-state index contributed by atoms with van der Waals surface area (Å²) in [4.78, 5) is 12.1. The van der Waals surface area contributed by atoms with Crippen molar-refractivity contribution in [1.82, 2.24) is 10.2 Å². The molecule has 0 saturated carbocycles. The van der Waals surface area contributed by atoms with Gasteiger partial charge in [0.1, 0.15) is 0 Å². The molecule has 112 valence electrons. The zero-order chi connectivity index (χ0) is 15.4. The smallest absolute Gasteiger partial charge is 0.230 e. The van der Waals surface area contributed by atoms with Gasteiger partial charge >= 0.3 is 0 Å². The molecule has 0 aliphatic rings. The minimum absolute atomic E-state index is 0.0547. The van der Waals surface area contributed by atoms with E-state index < -0.39 is 0 Å². The number of aromatic nitrogens is 2. The maximum atomic E-state index is 12.1. The molecule has 1 amide bonds. The van der Waals surface area contributed by atoms with Gasteiger partial charge in [0, 0.05) is 5.25 Å². The standard InChI is InChI=1S/C15H19N3OS2/c1-9(2)20-15-18-17-14(21-15)16-13(19)8-12-7-10(3)5-6-11(12)4/h5-7,9H,8H2,1-4H3,(H,16,17,19). The van der Waals surface area contributed by atoms with Crippen molar-refractivity contribution >= 4 is 34.1 Å². The number of aryl methyl sites for hydroxylation is 2. The van der Waals surface area contributed by atoms with Crippen molar-refractivity contribution in [2.45, 2.75) is 43.7 Å². The molecule has 0 radical (unpaired) electrons. The Hall–Kier alpha value is -1.40. The van der Waals surface area contributed by atoms with Crippen molar-refractivity contribution in [2.75, 3.05) is 5.32 Å². The number of hydrogen-bond acceptors (Lipinski definition) is 5. The van der Waals surface area contributed by atoms with Crippen molar-refractivity contribution in [3.63, 3.8) is 0 Å². The average Bonchev–Trinajstić information content (AvgIpc) is 2.80. The van der Waals surface area contributed by atoms with Crippen molar-refractivity contribution in [1.29, 1.82) is 0 Å². The van der Waals surface area contributed by atoms with E-state index in [9.17, 15) is 4.79 Å². The second-order valence-electron chi connectivity index (χ2n) is 5.19. The van der Waals surface area contributed by atoms with Gasteiger partial charge in [-0.25, -0.2) is 0 Å². The van der Waals surface area contributed by atoms with E-state index in [0.717, 1.165) is 21.0 Å². The molecule has 21 heavy (non-hydrogen) atoms. The highest BCUT2D eigenvalue weighted by Gasteiger charge is 2.11. The van der Waals surface area contributed by atoms with Crippen LogP contribution in [-0.2, 0) is 11.2 Å². The molecular formula is C15H19N3OS2. The molecule has 1 aromatic carbocycles. The lowest BCUT2D eigenvalue weighted by Gasteiger charge is -2.06. The van der Waals surface area contributed by atoms with Gasteiger partial charge in [0.25, 0.3) is 0 Å². The highest BCUT2D eigenvalue weighted by molar-refractivity contribution is 8.01. The second kappa shape index (κ2) is 7.04. The summed E-state index contributed by atoms with van der Waals surface area (Å²) in [6.45, 7) is 8.25. The molecule has 0 aliphatic carbocycles. The minimum atomic E-state index is -0.0547. The number of benzene rings is 1. The summed E-state index contributed by atoms with van der Waals surface area (Å²) >= 11 is 3.06. The number of carbonyl (C=O) groups excluding carboxylic acids is 1. The van der Waals surface area contributed by atoms with E-state index >= 15 is 0 Å². The van der Waals surface area contributed by atoms with Crippen LogP contribution < -0.4 is 5.32 Å². The molecule has 0 bridgehead atoms. The van der Waals surface area contributed by atoms with Gasteiger partial charge in [-0.2, -0.15) is 0 Å². The summed E-state index contributed by atoms with van der Waals surface area (Å²) in [6.07, 6.45) is 0.361. The maximum absolute atomic E-state index is 12.1. The Bertz CT molecular complexity index is 638. The molecule has 0 unspecified atom stereocenters. The Balaban J connectivity index is 1.98. The summed E-state index contributed by atoms with van der Waals surface area (Å²) in [7, 11) is 0. The van der Waals surface area contributed by atoms with Gasteiger partial charge in [-0.1, -0.05) is 60.7 Å². The first kappa shape index (κ1) is 16.0. The Kier molecular flexibility index (Phi) is 5.36. The first-order valence-electron chi connectivity index (χ1n) is 6.80. The SMILES string of the molecule is Cc1ccc(C)c(CC(=O)Nc2nnc(SC(C)C)s2)c1. The van der Waals surface area contributed by atoms with E-state index in [2.05, 4.69) is 41.5 Å². The number of rotatable bonds is 5. The molecular weight excluding hydrogens is 302 g/mol. The van der Waals surface area contributed by atoms with Crippen LogP contribution in [-0.4, -0.2) is 21.4 Å². The van der Waals surface area contributed by atoms with Crippen molar-refractivity contribution < 1.29 is 4.79 Å². The van der Waals surface area contributed by atoms with Gasteiger partial charge in [-0.05, 0) is 25.0 Å². The number of amides is 1. The van der Waals surface area contributed by atoms with E-state index in [1.165, 1.54) is 11.3 Å². The fourth-order valence-corrected chi connectivity index (χ4v) is 3.83. The van der Waals surface area contributed by atoms with Gasteiger partial charge in [0.15, 0.2) is 4.34 Å². The zero-order valence-corrected chi connectivity index (χ0v) is 14.3. The van der Waals surface area contributed by atoms with Crippen LogP contribution in [0.1, 0.15) is 30.5 Å². The third-order valence-electron chi connectivity index (χ3n) is 2.84. The predicted molar refractivity (Wildman–Crippen MR) is 89.2 cm³/mol. The Morgan fingerprint density at radius 3 is 2.81 bits per heavy atom. The molecule has 0 saturated heterocycles. The normalized spacial score (nSPS) is 10.9. The lowest BCUT2D eigenvalue weighted by molar-refractivity contribution is -0.115. The fourth-order valence-electron chi connectivity index (χ4n) is 1.84. The van der Waals surface area contributed by atoms with Gasteiger partial charge in [-0.15, -0.1) is 10.2 Å². The molecule has 2 aromatic rings. The summed E-state index contributed by atoms with van der Waals surface area (Å²) in [5.41, 5.74) is 3.34. The number of thioether (sulfide) groups is 1. The molecule has 0 spiro atoms. The number of nitrogens with zero attached hydrogens (tertiary/aromatic N) is 2. The van der Waals surface area contributed by atoms with E-state index in [1.54, 1.807) is 11.8 Å². The summed E-state index contributed by atoms with van der Waals surface area (Å²) < 4.78 is 0.882. The molecule has 0 aliphatic heterocycles. The Morgan fingerprint density at radius 2 is 2.10 bits per heavy atom. The van der Waals surface area contributed by atoms with Crippen LogP contribution in [0.2, 0.25) is 0 Å². The molecule has 0 fully saturated rings. The summed E-state index contributed by atoms with van der Waals surface area (Å²) in [6, 6.07) is 6.15. The zero-order valence-electron chi connectivity index (χ0n) is 12.6.